The normalized spacial score (nSPS) is 15.4. The second kappa shape index (κ2) is 13.9. The molecule has 2 heterocycles. The van der Waals surface area contributed by atoms with Gasteiger partial charge in [0.15, 0.2) is 10.9 Å². The van der Waals surface area contributed by atoms with E-state index in [1.54, 1.807) is 24.3 Å². The molecule has 2 aromatic carbocycles. The molecule has 0 radical (unpaired) electrons. The standard InChI is InChI=1S/C35H37F4N5O3S/c1-21(33(2,3)4)42-28(45)9-7-8-18-47-25-14-10-22(11-15-25)26-16-13-24(20-41-26)44-32(48)43(31(46)34(44,5)6)27-17-12-23(19-40)29(30(27)36)35(37,38)39/h10-17,20-21H,7-9,18H2,1-6H3,(H,42,45). The minimum absolute atomic E-state index is 0.00500. The van der Waals surface area contributed by atoms with Gasteiger partial charge in [-0.25, -0.2) is 4.39 Å². The molecule has 0 spiro atoms. The first kappa shape index (κ1) is 36.3. The summed E-state index contributed by atoms with van der Waals surface area (Å²) in [5.41, 5.74) is -3.02. The Morgan fingerprint density at radius 3 is 2.31 bits per heavy atom. The number of ether oxygens (including phenoxy) is 1. The van der Waals surface area contributed by atoms with Crippen LogP contribution in [0.1, 0.15) is 71.9 Å². The number of anilines is 2. The first-order chi connectivity index (χ1) is 22.4. The number of rotatable bonds is 10. The molecule has 1 unspecified atom stereocenters. The summed E-state index contributed by atoms with van der Waals surface area (Å²) in [6.07, 6.45) is -1.84. The fourth-order valence-corrected chi connectivity index (χ4v) is 5.58. The van der Waals surface area contributed by atoms with Gasteiger partial charge in [-0.05, 0) is 99.8 Å². The Morgan fingerprint density at radius 2 is 1.75 bits per heavy atom. The number of amides is 2. The highest BCUT2D eigenvalue weighted by Crippen LogP contribution is 2.42. The van der Waals surface area contributed by atoms with Crippen molar-refractivity contribution in [3.8, 4) is 23.1 Å². The van der Waals surface area contributed by atoms with Gasteiger partial charge in [0.2, 0.25) is 5.91 Å². The summed E-state index contributed by atoms with van der Waals surface area (Å²) in [5.74, 6) is -1.82. The van der Waals surface area contributed by atoms with E-state index in [1.165, 1.54) is 31.0 Å². The molecule has 1 N–H and O–H groups in total. The van der Waals surface area contributed by atoms with Gasteiger partial charge in [-0.15, -0.1) is 0 Å². The molecule has 0 bridgehead atoms. The maximum absolute atomic E-state index is 15.3. The number of alkyl halides is 3. The van der Waals surface area contributed by atoms with Gasteiger partial charge < -0.3 is 15.0 Å². The molecular formula is C35H37F4N5O3S. The van der Waals surface area contributed by atoms with E-state index in [9.17, 15) is 22.8 Å². The molecule has 8 nitrogen and oxygen atoms in total. The molecule has 254 valence electrons. The topological polar surface area (TPSA) is 98.6 Å². The van der Waals surface area contributed by atoms with Crippen molar-refractivity contribution in [3.05, 3.63) is 71.7 Å². The van der Waals surface area contributed by atoms with Gasteiger partial charge >= 0.3 is 6.18 Å². The molecule has 1 fully saturated rings. The maximum Gasteiger partial charge on any atom is 0.420 e. The highest BCUT2D eigenvalue weighted by molar-refractivity contribution is 7.81. The van der Waals surface area contributed by atoms with Gasteiger partial charge in [0.25, 0.3) is 5.91 Å². The van der Waals surface area contributed by atoms with E-state index in [-0.39, 0.29) is 22.5 Å². The number of unbranched alkanes of at least 4 members (excludes halogenated alkanes) is 1. The molecule has 1 aromatic heterocycles. The Kier molecular flexibility index (Phi) is 10.5. The molecule has 1 saturated heterocycles. The van der Waals surface area contributed by atoms with Crippen molar-refractivity contribution in [2.45, 2.75) is 78.6 Å². The van der Waals surface area contributed by atoms with Crippen molar-refractivity contribution in [3.63, 3.8) is 0 Å². The number of pyridine rings is 1. The number of nitrogens with zero attached hydrogens (tertiary/aromatic N) is 4. The molecule has 1 atom stereocenters. The van der Waals surface area contributed by atoms with E-state index >= 15 is 4.39 Å². The van der Waals surface area contributed by atoms with Crippen molar-refractivity contribution in [1.29, 1.82) is 5.26 Å². The van der Waals surface area contributed by atoms with Crippen LogP contribution in [-0.2, 0) is 15.8 Å². The summed E-state index contributed by atoms with van der Waals surface area (Å²) in [4.78, 5) is 32.2. The van der Waals surface area contributed by atoms with Crippen LogP contribution in [0, 0.1) is 22.6 Å². The summed E-state index contributed by atoms with van der Waals surface area (Å²) >= 11 is 5.50. The number of thiocarbonyl (C=S) groups is 1. The van der Waals surface area contributed by atoms with Gasteiger partial charge in [0.1, 0.15) is 16.9 Å². The predicted octanol–water partition coefficient (Wildman–Crippen LogP) is 7.79. The van der Waals surface area contributed by atoms with Gasteiger partial charge in [0, 0.05) is 18.0 Å². The molecule has 2 amide bonds. The number of hydrogen-bond donors (Lipinski definition) is 1. The zero-order chi connectivity index (χ0) is 35.6. The van der Waals surface area contributed by atoms with E-state index < -0.39 is 40.3 Å². The number of nitriles is 1. The second-order valence-electron chi connectivity index (χ2n) is 13.1. The van der Waals surface area contributed by atoms with Crippen LogP contribution in [0.3, 0.4) is 0 Å². The quantitative estimate of drug-likeness (QED) is 0.132. The number of nitrogens with one attached hydrogen (secondary N) is 1. The molecular weight excluding hydrogens is 646 g/mol. The summed E-state index contributed by atoms with van der Waals surface area (Å²) in [5, 5.41) is 11.9. The van der Waals surface area contributed by atoms with Crippen LogP contribution in [0.15, 0.2) is 54.7 Å². The second-order valence-corrected chi connectivity index (χ2v) is 13.5. The SMILES string of the molecule is CC(NC(=O)CCCCOc1ccc(-c2ccc(N3C(=S)N(c4ccc(C#N)c(C(F)(F)F)c4F)C(=O)C3(C)C)cn2)cc1)C(C)(C)C. The summed E-state index contributed by atoms with van der Waals surface area (Å²) < 4.78 is 62.1. The Morgan fingerprint density at radius 1 is 1.08 bits per heavy atom. The smallest absolute Gasteiger partial charge is 0.420 e. The molecule has 1 aliphatic heterocycles. The zero-order valence-corrected chi connectivity index (χ0v) is 28.4. The number of benzene rings is 2. The van der Waals surface area contributed by atoms with E-state index in [2.05, 4.69) is 31.1 Å². The van der Waals surface area contributed by atoms with E-state index in [0.29, 0.717) is 36.6 Å². The lowest BCUT2D eigenvalue weighted by molar-refractivity contribution is -0.140. The number of carbonyl (C=O) groups excluding carboxylic acids is 2. The van der Waals surface area contributed by atoms with Crippen molar-refractivity contribution in [2.75, 3.05) is 16.4 Å². The molecule has 0 aliphatic carbocycles. The van der Waals surface area contributed by atoms with E-state index in [0.717, 1.165) is 29.0 Å². The van der Waals surface area contributed by atoms with Crippen molar-refractivity contribution < 1.29 is 31.9 Å². The fourth-order valence-electron chi connectivity index (χ4n) is 5.07. The van der Waals surface area contributed by atoms with Crippen molar-refractivity contribution in [2.24, 2.45) is 5.41 Å². The summed E-state index contributed by atoms with van der Waals surface area (Å²) in [6.45, 7) is 11.7. The largest absolute Gasteiger partial charge is 0.494 e. The zero-order valence-electron chi connectivity index (χ0n) is 27.5. The number of aromatic nitrogens is 1. The Balaban J connectivity index is 1.41. The third-order valence-electron chi connectivity index (χ3n) is 8.33. The first-order valence-electron chi connectivity index (χ1n) is 15.3. The van der Waals surface area contributed by atoms with Gasteiger partial charge in [-0.3, -0.25) is 19.5 Å². The van der Waals surface area contributed by atoms with Crippen LogP contribution in [-0.4, -0.2) is 40.1 Å². The lowest BCUT2D eigenvalue weighted by atomic mass is 9.88. The fraction of sp³-hybridized carbons (Fsp3) is 0.400. The Bertz CT molecular complexity index is 1730. The average molecular weight is 684 g/mol. The van der Waals surface area contributed by atoms with E-state index in [1.807, 2.05) is 19.1 Å². The minimum Gasteiger partial charge on any atom is -0.494 e. The van der Waals surface area contributed by atoms with Crippen molar-refractivity contribution in [1.82, 2.24) is 10.3 Å². The minimum atomic E-state index is -5.17. The Hall–Kier alpha value is -4.57. The van der Waals surface area contributed by atoms with Crippen LogP contribution in [0.25, 0.3) is 11.3 Å². The monoisotopic (exact) mass is 683 g/mol. The molecule has 4 rings (SSSR count). The van der Waals surface area contributed by atoms with Crippen molar-refractivity contribution >= 4 is 40.5 Å². The lowest BCUT2D eigenvalue weighted by Crippen LogP contribution is -2.44. The molecule has 3 aromatic rings. The molecule has 1 aliphatic rings. The predicted molar refractivity (Wildman–Crippen MR) is 179 cm³/mol. The highest BCUT2D eigenvalue weighted by atomic mass is 32.1. The summed E-state index contributed by atoms with van der Waals surface area (Å²) in [7, 11) is 0. The number of hydrogen-bond acceptors (Lipinski definition) is 6. The first-order valence-corrected chi connectivity index (χ1v) is 15.8. The average Bonchev–Trinajstić information content (AvgIpc) is 3.18. The Labute approximate surface area is 282 Å². The molecule has 48 heavy (non-hydrogen) atoms. The third kappa shape index (κ3) is 7.59. The number of halogens is 4. The maximum atomic E-state index is 15.3. The van der Waals surface area contributed by atoms with Gasteiger partial charge in [-0.1, -0.05) is 20.8 Å². The molecule has 0 saturated carbocycles. The van der Waals surface area contributed by atoms with Crippen LogP contribution in [0.2, 0.25) is 0 Å². The third-order valence-corrected chi connectivity index (χ3v) is 8.70. The van der Waals surface area contributed by atoms with Crippen LogP contribution in [0.5, 0.6) is 5.75 Å². The summed E-state index contributed by atoms with van der Waals surface area (Å²) in [6, 6.07) is 13.8. The van der Waals surface area contributed by atoms with E-state index in [4.69, 9.17) is 22.2 Å². The van der Waals surface area contributed by atoms with Gasteiger partial charge in [-0.2, -0.15) is 18.4 Å². The van der Waals surface area contributed by atoms with Crippen LogP contribution < -0.4 is 19.9 Å². The molecule has 13 heteroatoms. The van der Waals surface area contributed by atoms with Gasteiger partial charge in [0.05, 0.1) is 41.5 Å². The highest BCUT2D eigenvalue weighted by Gasteiger charge is 2.52. The lowest BCUT2D eigenvalue weighted by Gasteiger charge is -2.29. The van der Waals surface area contributed by atoms with Crippen LogP contribution >= 0.6 is 12.2 Å². The van der Waals surface area contributed by atoms with Crippen LogP contribution in [0.4, 0.5) is 28.9 Å². The number of carbonyl (C=O) groups is 2.